The zero-order valence-corrected chi connectivity index (χ0v) is 11.8. The molecule has 0 aliphatic heterocycles. The molecule has 0 saturated carbocycles. The maximum absolute atomic E-state index is 11.8. The van der Waals surface area contributed by atoms with Gasteiger partial charge in [-0.2, -0.15) is 5.10 Å². The summed E-state index contributed by atoms with van der Waals surface area (Å²) >= 11 is 0. The van der Waals surface area contributed by atoms with Crippen LogP contribution in [0.2, 0.25) is 0 Å². The number of hydrazone groups is 1. The molecule has 0 heterocycles. The summed E-state index contributed by atoms with van der Waals surface area (Å²) in [4.78, 5) is 22.6. The number of nitrogens with one attached hydrogen (secondary N) is 1. The van der Waals surface area contributed by atoms with Crippen LogP contribution in [0.5, 0.6) is 5.75 Å². The highest BCUT2D eigenvalue weighted by Gasteiger charge is 2.04. The first-order valence-electron chi connectivity index (χ1n) is 6.41. The van der Waals surface area contributed by atoms with Crippen LogP contribution in [0.25, 0.3) is 0 Å². The number of methoxy groups -OCH3 is 1. The second kappa shape index (κ2) is 7.03. The highest BCUT2D eigenvalue weighted by atomic mass is 16.5. The monoisotopic (exact) mass is 298 g/mol. The van der Waals surface area contributed by atoms with Gasteiger partial charge in [0.25, 0.3) is 5.91 Å². The fourth-order valence-corrected chi connectivity index (χ4v) is 1.68. The highest BCUT2D eigenvalue weighted by Crippen LogP contribution is 2.11. The smallest absolute Gasteiger partial charge is 0.335 e. The van der Waals surface area contributed by atoms with Crippen LogP contribution in [-0.4, -0.2) is 30.3 Å². The number of carboxylic acids is 1. The normalized spacial score (nSPS) is 10.4. The Bertz CT molecular complexity index is 691. The van der Waals surface area contributed by atoms with Crippen molar-refractivity contribution in [3.05, 3.63) is 65.2 Å². The van der Waals surface area contributed by atoms with E-state index in [1.54, 1.807) is 43.5 Å². The van der Waals surface area contributed by atoms with Crippen molar-refractivity contribution in [3.63, 3.8) is 0 Å². The molecule has 22 heavy (non-hydrogen) atoms. The fraction of sp³-hybridized carbons (Fsp3) is 0.0625. The number of rotatable bonds is 5. The largest absolute Gasteiger partial charge is 0.497 e. The molecule has 0 radical (unpaired) electrons. The average Bonchev–Trinajstić information content (AvgIpc) is 2.55. The van der Waals surface area contributed by atoms with Crippen LogP contribution in [0.1, 0.15) is 26.3 Å². The van der Waals surface area contributed by atoms with Gasteiger partial charge >= 0.3 is 5.97 Å². The quantitative estimate of drug-likeness (QED) is 0.654. The van der Waals surface area contributed by atoms with Gasteiger partial charge in [-0.1, -0.05) is 12.1 Å². The molecule has 2 N–H and O–H groups in total. The molecule has 6 nitrogen and oxygen atoms in total. The average molecular weight is 298 g/mol. The van der Waals surface area contributed by atoms with Crippen molar-refractivity contribution in [1.29, 1.82) is 0 Å². The molecule has 0 aliphatic rings. The molecule has 0 spiro atoms. The van der Waals surface area contributed by atoms with E-state index in [1.807, 2.05) is 0 Å². The van der Waals surface area contributed by atoms with Crippen LogP contribution >= 0.6 is 0 Å². The van der Waals surface area contributed by atoms with Crippen LogP contribution in [0.3, 0.4) is 0 Å². The Kier molecular flexibility index (Phi) is 4.87. The maximum atomic E-state index is 11.8. The standard InChI is InChI=1S/C16H14N2O4/c1-22-14-8-6-12(7-9-14)15(19)18-17-10-11-2-4-13(5-3-11)16(20)21/h2-10H,1H3,(H,18,19)(H,20,21). The molecule has 0 bridgehead atoms. The topological polar surface area (TPSA) is 88.0 Å². The summed E-state index contributed by atoms with van der Waals surface area (Å²) in [6.07, 6.45) is 1.44. The molecular formula is C16H14N2O4. The lowest BCUT2D eigenvalue weighted by atomic mass is 10.1. The number of nitrogens with zero attached hydrogens (tertiary/aromatic N) is 1. The van der Waals surface area contributed by atoms with Gasteiger partial charge in [-0.3, -0.25) is 4.79 Å². The molecule has 0 aromatic heterocycles. The summed E-state index contributed by atoms with van der Waals surface area (Å²) in [5.74, 6) is -0.670. The number of carbonyl (C=O) groups is 2. The van der Waals surface area contributed by atoms with Gasteiger partial charge in [-0.25, -0.2) is 10.2 Å². The Labute approximate surface area is 127 Å². The van der Waals surface area contributed by atoms with Crippen molar-refractivity contribution in [1.82, 2.24) is 5.43 Å². The minimum atomic E-state index is -0.990. The Morgan fingerprint density at radius 2 is 1.64 bits per heavy atom. The third kappa shape index (κ3) is 3.92. The van der Waals surface area contributed by atoms with Gasteiger partial charge < -0.3 is 9.84 Å². The number of carboxylic acid groups (broad SMARTS) is 1. The number of carbonyl (C=O) groups excluding carboxylic acids is 1. The first kappa shape index (κ1) is 15.2. The number of ether oxygens (including phenoxy) is 1. The molecule has 0 saturated heterocycles. The SMILES string of the molecule is COc1ccc(C(=O)NN=Cc2ccc(C(=O)O)cc2)cc1. The molecule has 2 aromatic carbocycles. The van der Waals surface area contributed by atoms with E-state index in [9.17, 15) is 9.59 Å². The van der Waals surface area contributed by atoms with E-state index in [0.717, 1.165) is 0 Å². The fourth-order valence-electron chi connectivity index (χ4n) is 1.68. The van der Waals surface area contributed by atoms with Crippen LogP contribution in [0, 0.1) is 0 Å². The third-order valence-electron chi connectivity index (χ3n) is 2.89. The molecule has 2 aromatic rings. The second-order valence-corrected chi connectivity index (χ2v) is 4.35. The third-order valence-corrected chi connectivity index (χ3v) is 2.89. The minimum absolute atomic E-state index is 0.194. The molecule has 2 rings (SSSR count). The van der Waals surface area contributed by atoms with Crippen molar-refractivity contribution in [2.75, 3.05) is 7.11 Å². The van der Waals surface area contributed by atoms with E-state index in [2.05, 4.69) is 10.5 Å². The van der Waals surface area contributed by atoms with Crippen molar-refractivity contribution in [2.45, 2.75) is 0 Å². The zero-order chi connectivity index (χ0) is 15.9. The van der Waals surface area contributed by atoms with Crippen LogP contribution in [0.15, 0.2) is 53.6 Å². The lowest BCUT2D eigenvalue weighted by Gasteiger charge is -2.02. The van der Waals surface area contributed by atoms with Gasteiger partial charge in [-0.05, 0) is 42.0 Å². The second-order valence-electron chi connectivity index (χ2n) is 4.35. The Morgan fingerprint density at radius 1 is 1.05 bits per heavy atom. The lowest BCUT2D eigenvalue weighted by molar-refractivity contribution is 0.0696. The van der Waals surface area contributed by atoms with Crippen LogP contribution < -0.4 is 10.2 Å². The minimum Gasteiger partial charge on any atom is -0.497 e. The van der Waals surface area contributed by atoms with E-state index < -0.39 is 5.97 Å². The van der Waals surface area contributed by atoms with E-state index >= 15 is 0 Å². The van der Waals surface area contributed by atoms with Gasteiger partial charge in [0.1, 0.15) is 5.75 Å². The number of hydrogen-bond donors (Lipinski definition) is 2. The molecule has 0 aliphatic carbocycles. The van der Waals surface area contributed by atoms with Gasteiger partial charge in [0.15, 0.2) is 0 Å². The Hall–Kier alpha value is -3.15. The predicted molar refractivity (Wildman–Crippen MR) is 81.5 cm³/mol. The molecule has 6 heteroatoms. The maximum Gasteiger partial charge on any atom is 0.335 e. The number of aromatic carboxylic acids is 1. The summed E-state index contributed by atoms with van der Waals surface area (Å²) < 4.78 is 5.01. The molecule has 0 atom stereocenters. The molecular weight excluding hydrogens is 284 g/mol. The number of amides is 1. The zero-order valence-electron chi connectivity index (χ0n) is 11.8. The van der Waals surface area contributed by atoms with Gasteiger partial charge in [0, 0.05) is 5.56 Å². The van der Waals surface area contributed by atoms with Crippen molar-refractivity contribution < 1.29 is 19.4 Å². The summed E-state index contributed by atoms with van der Waals surface area (Å²) in [5, 5.41) is 12.6. The van der Waals surface area contributed by atoms with E-state index in [4.69, 9.17) is 9.84 Å². The summed E-state index contributed by atoms with van der Waals surface area (Å²) in [5.41, 5.74) is 3.73. The first-order valence-corrected chi connectivity index (χ1v) is 6.41. The Morgan fingerprint density at radius 3 is 2.18 bits per heavy atom. The Balaban J connectivity index is 1.96. The van der Waals surface area contributed by atoms with E-state index in [1.165, 1.54) is 18.3 Å². The number of benzene rings is 2. The first-order chi connectivity index (χ1) is 10.6. The van der Waals surface area contributed by atoms with Crippen molar-refractivity contribution >= 4 is 18.1 Å². The van der Waals surface area contributed by atoms with Gasteiger partial charge in [-0.15, -0.1) is 0 Å². The van der Waals surface area contributed by atoms with Crippen molar-refractivity contribution in [3.8, 4) is 5.75 Å². The summed E-state index contributed by atoms with van der Waals surface area (Å²) in [6, 6.07) is 12.8. The molecule has 0 fully saturated rings. The van der Waals surface area contributed by atoms with Crippen LogP contribution in [-0.2, 0) is 0 Å². The summed E-state index contributed by atoms with van der Waals surface area (Å²) in [7, 11) is 1.55. The van der Waals surface area contributed by atoms with Crippen LogP contribution in [0.4, 0.5) is 0 Å². The van der Waals surface area contributed by atoms with E-state index in [0.29, 0.717) is 16.9 Å². The van der Waals surface area contributed by atoms with Gasteiger partial charge in [0.05, 0.1) is 18.9 Å². The van der Waals surface area contributed by atoms with Crippen molar-refractivity contribution in [2.24, 2.45) is 5.10 Å². The number of hydrogen-bond acceptors (Lipinski definition) is 4. The predicted octanol–water partition coefficient (Wildman–Crippen LogP) is 2.16. The molecule has 0 unspecified atom stereocenters. The van der Waals surface area contributed by atoms with E-state index in [-0.39, 0.29) is 11.5 Å². The highest BCUT2D eigenvalue weighted by molar-refractivity contribution is 5.95. The van der Waals surface area contributed by atoms with Gasteiger partial charge in [0.2, 0.25) is 0 Å². The summed E-state index contributed by atoms with van der Waals surface area (Å²) in [6.45, 7) is 0. The lowest BCUT2D eigenvalue weighted by Crippen LogP contribution is -2.17. The molecule has 1 amide bonds. The molecule has 112 valence electrons.